The molecule has 0 radical (unpaired) electrons. The lowest BCUT2D eigenvalue weighted by Gasteiger charge is -2.22. The molecule has 2 unspecified atom stereocenters. The number of rotatable bonds is 14. The fourth-order valence-corrected chi connectivity index (χ4v) is 5.68. The number of carbonyl (C=O) groups is 1. The molecule has 0 bridgehead atoms. The van der Waals surface area contributed by atoms with E-state index in [9.17, 15) is 4.79 Å². The Kier molecular flexibility index (Phi) is 11.0. The van der Waals surface area contributed by atoms with E-state index in [0.29, 0.717) is 26.2 Å². The molecule has 5 heteroatoms. The van der Waals surface area contributed by atoms with Crippen molar-refractivity contribution in [2.45, 2.75) is 51.7 Å². The molecule has 0 spiro atoms. The molecule has 44 heavy (non-hydrogen) atoms. The molecule has 0 N–H and O–H groups in total. The molecule has 5 nitrogen and oxygen atoms in total. The van der Waals surface area contributed by atoms with Crippen LogP contribution in [0.3, 0.4) is 0 Å². The number of hydrogen-bond donors (Lipinski definition) is 0. The van der Waals surface area contributed by atoms with Crippen molar-refractivity contribution in [3.05, 3.63) is 136 Å². The molecule has 5 rings (SSSR count). The van der Waals surface area contributed by atoms with Crippen LogP contribution in [0.4, 0.5) is 0 Å². The number of hydrogen-bond acceptors (Lipinski definition) is 5. The summed E-state index contributed by atoms with van der Waals surface area (Å²) in [6.07, 6.45) is 7.09. The Bertz CT molecular complexity index is 1540. The van der Waals surface area contributed by atoms with Gasteiger partial charge in [-0.2, -0.15) is 0 Å². The van der Waals surface area contributed by atoms with E-state index in [1.807, 2.05) is 24.3 Å². The standard InChI is InChI=1S/C39H42O5/c1-4-9-28-12-16-32-17-18-33-25-31(24-29-10-7-6-8-11-29)15-21-35(33)38(36(32)26-28)44-23-22-43-34-19-13-30(14-20-34)27-37(41-3)39(40)42-5-2/h6-8,10-21,25-26,37-38H,4-5,9,22-24,27H2,1-3H3. The molecule has 4 aromatic carbocycles. The van der Waals surface area contributed by atoms with E-state index in [4.69, 9.17) is 18.9 Å². The summed E-state index contributed by atoms with van der Waals surface area (Å²) in [6.45, 7) is 5.18. The third kappa shape index (κ3) is 8.04. The number of fused-ring (bicyclic) bond motifs is 2. The van der Waals surface area contributed by atoms with Gasteiger partial charge in [-0.05, 0) is 76.4 Å². The summed E-state index contributed by atoms with van der Waals surface area (Å²) in [5.41, 5.74) is 9.61. The number of carbonyl (C=O) groups excluding carboxylic acids is 1. The predicted octanol–water partition coefficient (Wildman–Crippen LogP) is 8.02. The molecule has 0 fully saturated rings. The summed E-state index contributed by atoms with van der Waals surface area (Å²) < 4.78 is 23.1. The fraction of sp³-hybridized carbons (Fsp3) is 0.308. The zero-order valence-electron chi connectivity index (χ0n) is 26.0. The summed E-state index contributed by atoms with van der Waals surface area (Å²) in [5.74, 6) is 0.403. The van der Waals surface area contributed by atoms with Crippen molar-refractivity contribution in [3.63, 3.8) is 0 Å². The highest BCUT2D eigenvalue weighted by molar-refractivity contribution is 5.77. The molecule has 0 heterocycles. The maximum absolute atomic E-state index is 12.1. The molecule has 0 amide bonds. The Morgan fingerprint density at radius 3 is 2.25 bits per heavy atom. The van der Waals surface area contributed by atoms with Crippen molar-refractivity contribution in [1.29, 1.82) is 0 Å². The minimum absolute atomic E-state index is 0.197. The summed E-state index contributed by atoms with van der Waals surface area (Å²) >= 11 is 0. The van der Waals surface area contributed by atoms with Gasteiger partial charge in [-0.15, -0.1) is 0 Å². The van der Waals surface area contributed by atoms with E-state index < -0.39 is 6.10 Å². The third-order valence-corrected chi connectivity index (χ3v) is 7.91. The Balaban J connectivity index is 1.28. The minimum atomic E-state index is -0.623. The van der Waals surface area contributed by atoms with Crippen LogP contribution in [-0.2, 0) is 38.3 Å². The lowest BCUT2D eigenvalue weighted by molar-refractivity contribution is -0.154. The third-order valence-electron chi connectivity index (χ3n) is 7.91. The zero-order valence-corrected chi connectivity index (χ0v) is 26.0. The van der Waals surface area contributed by atoms with E-state index in [0.717, 1.165) is 30.6 Å². The van der Waals surface area contributed by atoms with Crippen LogP contribution in [0.15, 0.2) is 91.0 Å². The second-order valence-electron chi connectivity index (χ2n) is 11.1. The van der Waals surface area contributed by atoms with E-state index in [-0.39, 0.29) is 12.1 Å². The number of ether oxygens (including phenoxy) is 4. The van der Waals surface area contributed by atoms with Gasteiger partial charge in [0.05, 0.1) is 13.2 Å². The van der Waals surface area contributed by atoms with Crippen LogP contribution >= 0.6 is 0 Å². The second-order valence-corrected chi connectivity index (χ2v) is 11.1. The molecule has 1 aliphatic carbocycles. The first-order chi connectivity index (χ1) is 21.6. The highest BCUT2D eigenvalue weighted by Crippen LogP contribution is 2.37. The van der Waals surface area contributed by atoms with E-state index >= 15 is 0 Å². The van der Waals surface area contributed by atoms with Crippen LogP contribution in [0.5, 0.6) is 5.75 Å². The fourth-order valence-electron chi connectivity index (χ4n) is 5.68. The van der Waals surface area contributed by atoms with Gasteiger partial charge in [0.25, 0.3) is 0 Å². The molecule has 0 aromatic heterocycles. The van der Waals surface area contributed by atoms with Crippen molar-refractivity contribution in [3.8, 4) is 5.75 Å². The highest BCUT2D eigenvalue weighted by Gasteiger charge is 2.23. The van der Waals surface area contributed by atoms with Crippen molar-refractivity contribution in [2.75, 3.05) is 26.9 Å². The average molecular weight is 591 g/mol. The Morgan fingerprint density at radius 1 is 0.750 bits per heavy atom. The normalized spacial score (nSPS) is 14.3. The van der Waals surface area contributed by atoms with Gasteiger partial charge >= 0.3 is 5.97 Å². The predicted molar refractivity (Wildman–Crippen MR) is 176 cm³/mol. The molecule has 4 aromatic rings. The van der Waals surface area contributed by atoms with Gasteiger partial charge in [0.1, 0.15) is 18.5 Å². The van der Waals surface area contributed by atoms with E-state index in [1.165, 1.54) is 46.1 Å². The van der Waals surface area contributed by atoms with Crippen molar-refractivity contribution in [1.82, 2.24) is 0 Å². The average Bonchev–Trinajstić information content (AvgIpc) is 3.19. The Labute approximate surface area is 261 Å². The van der Waals surface area contributed by atoms with Gasteiger partial charge in [-0.1, -0.05) is 104 Å². The summed E-state index contributed by atoms with van der Waals surface area (Å²) in [6, 6.07) is 31.8. The maximum atomic E-state index is 12.1. The van der Waals surface area contributed by atoms with Crippen LogP contribution < -0.4 is 4.74 Å². The first-order valence-electron chi connectivity index (χ1n) is 15.6. The number of esters is 1. The monoisotopic (exact) mass is 590 g/mol. The van der Waals surface area contributed by atoms with Crippen LogP contribution in [0.2, 0.25) is 0 Å². The van der Waals surface area contributed by atoms with Crippen molar-refractivity contribution < 1.29 is 23.7 Å². The first kappa shape index (κ1) is 31.2. The van der Waals surface area contributed by atoms with Crippen molar-refractivity contribution >= 4 is 18.1 Å². The van der Waals surface area contributed by atoms with Gasteiger partial charge in [0.15, 0.2) is 6.10 Å². The molecule has 228 valence electrons. The molecular weight excluding hydrogens is 548 g/mol. The Hall–Kier alpha value is -4.19. The summed E-state index contributed by atoms with van der Waals surface area (Å²) in [7, 11) is 1.52. The van der Waals surface area contributed by atoms with Crippen LogP contribution in [0.25, 0.3) is 12.2 Å². The smallest absolute Gasteiger partial charge is 0.335 e. The van der Waals surface area contributed by atoms with E-state index in [2.05, 4.69) is 85.8 Å². The van der Waals surface area contributed by atoms with E-state index in [1.54, 1.807) is 6.92 Å². The number of aryl methyl sites for hydroxylation is 1. The lowest BCUT2D eigenvalue weighted by atomic mass is 9.92. The van der Waals surface area contributed by atoms with Gasteiger partial charge in [0, 0.05) is 13.5 Å². The maximum Gasteiger partial charge on any atom is 0.335 e. The Morgan fingerprint density at radius 2 is 1.50 bits per heavy atom. The number of benzene rings is 4. The number of methoxy groups -OCH3 is 1. The molecule has 1 aliphatic rings. The molecule has 0 aliphatic heterocycles. The minimum Gasteiger partial charge on any atom is -0.491 e. The molecule has 2 atom stereocenters. The van der Waals surface area contributed by atoms with Crippen LogP contribution in [-0.4, -0.2) is 39.0 Å². The summed E-state index contributed by atoms with van der Waals surface area (Å²) in [4.78, 5) is 12.1. The van der Waals surface area contributed by atoms with Gasteiger partial charge in [-0.25, -0.2) is 4.79 Å². The topological polar surface area (TPSA) is 54.0 Å². The lowest BCUT2D eigenvalue weighted by Crippen LogP contribution is -2.27. The first-order valence-corrected chi connectivity index (χ1v) is 15.6. The van der Waals surface area contributed by atoms with Crippen LogP contribution in [0.1, 0.15) is 70.9 Å². The quantitative estimate of drug-likeness (QED) is 0.110. The molecular formula is C39H42O5. The SMILES string of the molecule is CCCc1ccc2c(c1)C(OCCOc1ccc(CC(OC)C(=O)OCC)cc1)c1ccc(Cc3ccccc3)cc1C=C2. The zero-order chi connectivity index (χ0) is 30.7. The van der Waals surface area contributed by atoms with Gasteiger partial charge in [-0.3, -0.25) is 0 Å². The second kappa shape index (κ2) is 15.5. The largest absolute Gasteiger partial charge is 0.491 e. The summed E-state index contributed by atoms with van der Waals surface area (Å²) in [5, 5.41) is 0. The van der Waals surface area contributed by atoms with Gasteiger partial charge < -0.3 is 18.9 Å². The van der Waals surface area contributed by atoms with Crippen LogP contribution in [0, 0.1) is 0 Å². The van der Waals surface area contributed by atoms with Crippen molar-refractivity contribution in [2.24, 2.45) is 0 Å². The molecule has 0 saturated carbocycles. The molecule has 0 saturated heterocycles. The van der Waals surface area contributed by atoms with Gasteiger partial charge in [0.2, 0.25) is 0 Å². The highest BCUT2D eigenvalue weighted by atomic mass is 16.6.